The number of carbonyl (C=O) groups excluding carboxylic acids is 1. The van der Waals surface area contributed by atoms with E-state index in [9.17, 15) is 14.3 Å². The maximum absolute atomic E-state index is 12.6. The van der Waals surface area contributed by atoms with Gasteiger partial charge in [-0.2, -0.15) is 0 Å². The molecule has 0 aromatic heterocycles. The van der Waals surface area contributed by atoms with Crippen molar-refractivity contribution in [3.05, 3.63) is 85.1 Å². The average Bonchev–Trinajstić information content (AvgIpc) is 3.20. The van der Waals surface area contributed by atoms with Gasteiger partial charge in [-0.15, -0.1) is 0 Å². The van der Waals surface area contributed by atoms with Crippen molar-refractivity contribution in [2.75, 3.05) is 33.0 Å². The number of unbranched alkanes of at least 4 members (excludes halogenated alkanes) is 15. The molecule has 0 aromatic rings. The average molecular weight is 818 g/mol. The smallest absolute Gasteiger partial charge is 0.457 e. The van der Waals surface area contributed by atoms with Crippen LogP contribution in [0.15, 0.2) is 85.1 Å². The Labute approximate surface area is 349 Å². The van der Waals surface area contributed by atoms with Gasteiger partial charge >= 0.3 is 13.8 Å². The quantitative estimate of drug-likeness (QED) is 0.0271. The number of rotatable bonds is 42. The van der Waals surface area contributed by atoms with Crippen LogP contribution < -0.4 is 5.73 Å². The summed E-state index contributed by atoms with van der Waals surface area (Å²) in [5.74, 6) is -0.415. The van der Waals surface area contributed by atoms with Gasteiger partial charge in [-0.05, 0) is 77.0 Å². The standard InChI is InChI=1S/C48H84NO7P/c1-3-5-7-9-11-13-15-17-19-21-23-25-27-29-31-33-35-37-39-41-48(50)56-47(46-55-57(51,52)54-44-42-49)45-53-43-40-38-36-34-32-30-28-26-24-22-20-18-16-14-12-10-8-6-4-2/h5,7,11,13,17,19-20,22-23,25,29,31,35,37,47H,3-4,6,8-10,12,14-16,18,21,24,26-28,30,32-34,36,38-46,49H2,1-2H3,(H,51,52)/b7-5-,13-11-,19-17-,22-20-,25-23-,31-29-,37-35-. The molecular weight excluding hydrogens is 734 g/mol. The third kappa shape index (κ3) is 44.6. The number of nitrogens with two attached hydrogens (primary N) is 1. The highest BCUT2D eigenvalue weighted by Gasteiger charge is 2.25. The Kier molecular flexibility index (Phi) is 43.0. The number of allylic oxidation sites excluding steroid dienone is 14. The van der Waals surface area contributed by atoms with Gasteiger partial charge in [-0.25, -0.2) is 4.57 Å². The molecule has 0 aliphatic heterocycles. The van der Waals surface area contributed by atoms with Crippen LogP contribution in [0.1, 0.15) is 174 Å². The lowest BCUT2D eigenvalue weighted by Crippen LogP contribution is -2.28. The van der Waals surface area contributed by atoms with Crippen molar-refractivity contribution in [2.45, 2.75) is 180 Å². The van der Waals surface area contributed by atoms with Gasteiger partial charge in [-0.3, -0.25) is 13.8 Å². The van der Waals surface area contributed by atoms with Gasteiger partial charge in [-0.1, -0.05) is 176 Å². The van der Waals surface area contributed by atoms with E-state index in [0.29, 0.717) is 13.0 Å². The zero-order chi connectivity index (χ0) is 41.6. The Morgan fingerprint density at radius 2 is 0.982 bits per heavy atom. The van der Waals surface area contributed by atoms with Crippen LogP contribution >= 0.6 is 7.82 Å². The monoisotopic (exact) mass is 818 g/mol. The second-order valence-electron chi connectivity index (χ2n) is 14.5. The molecule has 0 spiro atoms. The van der Waals surface area contributed by atoms with Crippen molar-refractivity contribution in [1.29, 1.82) is 0 Å². The zero-order valence-corrected chi connectivity index (χ0v) is 37.2. The summed E-state index contributed by atoms with van der Waals surface area (Å²) in [6.07, 6.45) is 57.6. The molecule has 0 rings (SSSR count). The molecule has 0 bridgehead atoms. The molecule has 0 aromatic carbocycles. The lowest BCUT2D eigenvalue weighted by molar-refractivity contribution is -0.154. The van der Waals surface area contributed by atoms with E-state index in [2.05, 4.69) is 86.8 Å². The highest BCUT2D eigenvalue weighted by atomic mass is 31.2. The van der Waals surface area contributed by atoms with Crippen LogP contribution in [0.2, 0.25) is 0 Å². The molecule has 0 saturated carbocycles. The molecule has 0 fully saturated rings. The first-order valence-corrected chi connectivity index (χ1v) is 24.1. The minimum Gasteiger partial charge on any atom is -0.457 e. The maximum Gasteiger partial charge on any atom is 0.472 e. The predicted octanol–water partition coefficient (Wildman–Crippen LogP) is 13.7. The van der Waals surface area contributed by atoms with Gasteiger partial charge in [0.05, 0.1) is 19.8 Å². The molecule has 0 aliphatic rings. The molecule has 3 N–H and O–H groups in total. The van der Waals surface area contributed by atoms with E-state index < -0.39 is 19.9 Å². The first-order valence-electron chi connectivity index (χ1n) is 22.6. The number of phosphoric acid groups is 1. The van der Waals surface area contributed by atoms with Crippen molar-refractivity contribution < 1.29 is 32.8 Å². The summed E-state index contributed by atoms with van der Waals surface area (Å²) in [4.78, 5) is 22.5. The SMILES string of the molecule is CC/C=C\C/C=C\C/C=C\C/C=C\C/C=C\C/C=C\CCC(=O)OC(COCCCCCCCCCC/C=C\CCCCCCCCC)COP(=O)(O)OCCN. The van der Waals surface area contributed by atoms with E-state index in [-0.39, 0.29) is 32.8 Å². The summed E-state index contributed by atoms with van der Waals surface area (Å²) >= 11 is 0. The molecule has 0 heterocycles. The number of hydrogen-bond acceptors (Lipinski definition) is 7. The Bertz CT molecular complexity index is 1140. The Morgan fingerprint density at radius 3 is 1.47 bits per heavy atom. The summed E-state index contributed by atoms with van der Waals surface area (Å²) in [5, 5.41) is 0. The summed E-state index contributed by atoms with van der Waals surface area (Å²) in [5.41, 5.74) is 5.37. The van der Waals surface area contributed by atoms with E-state index in [4.69, 9.17) is 24.3 Å². The minimum absolute atomic E-state index is 0.0794. The second-order valence-corrected chi connectivity index (χ2v) is 16.0. The Morgan fingerprint density at radius 1 is 0.544 bits per heavy atom. The van der Waals surface area contributed by atoms with Crippen LogP contribution in [0.5, 0.6) is 0 Å². The fourth-order valence-electron chi connectivity index (χ4n) is 5.78. The molecule has 0 aliphatic carbocycles. The fraction of sp³-hybridized carbons (Fsp3) is 0.688. The first kappa shape index (κ1) is 54.7. The molecule has 9 heteroatoms. The number of phosphoric ester groups is 1. The fourth-order valence-corrected chi connectivity index (χ4v) is 6.55. The van der Waals surface area contributed by atoms with Crippen LogP contribution in [-0.2, 0) is 27.9 Å². The van der Waals surface area contributed by atoms with Crippen LogP contribution in [-0.4, -0.2) is 49.9 Å². The van der Waals surface area contributed by atoms with Gasteiger partial charge in [0.1, 0.15) is 6.10 Å². The van der Waals surface area contributed by atoms with E-state index in [1.807, 2.05) is 12.2 Å². The molecule has 57 heavy (non-hydrogen) atoms. The van der Waals surface area contributed by atoms with E-state index in [0.717, 1.165) is 51.4 Å². The maximum atomic E-state index is 12.6. The molecule has 0 amide bonds. The van der Waals surface area contributed by atoms with E-state index in [1.54, 1.807) is 0 Å². The van der Waals surface area contributed by atoms with Crippen LogP contribution in [0.25, 0.3) is 0 Å². The van der Waals surface area contributed by atoms with Crippen LogP contribution in [0.3, 0.4) is 0 Å². The summed E-state index contributed by atoms with van der Waals surface area (Å²) in [6, 6.07) is 0. The summed E-state index contributed by atoms with van der Waals surface area (Å²) < 4.78 is 33.4. The lowest BCUT2D eigenvalue weighted by Gasteiger charge is -2.20. The molecular formula is C48H84NO7P. The van der Waals surface area contributed by atoms with Crippen molar-refractivity contribution in [1.82, 2.24) is 0 Å². The predicted molar refractivity (Wildman–Crippen MR) is 242 cm³/mol. The normalized spacial score (nSPS) is 14.2. The number of hydrogen-bond donors (Lipinski definition) is 2. The van der Waals surface area contributed by atoms with Gasteiger partial charge in [0.25, 0.3) is 0 Å². The highest BCUT2D eigenvalue weighted by Crippen LogP contribution is 2.43. The van der Waals surface area contributed by atoms with Gasteiger partial charge < -0.3 is 20.1 Å². The minimum atomic E-state index is -4.30. The number of carbonyl (C=O) groups is 1. The van der Waals surface area contributed by atoms with Crippen molar-refractivity contribution in [3.8, 4) is 0 Å². The lowest BCUT2D eigenvalue weighted by atomic mass is 10.1. The van der Waals surface area contributed by atoms with Crippen molar-refractivity contribution in [3.63, 3.8) is 0 Å². The van der Waals surface area contributed by atoms with Crippen LogP contribution in [0.4, 0.5) is 0 Å². The largest absolute Gasteiger partial charge is 0.472 e. The van der Waals surface area contributed by atoms with E-state index in [1.165, 1.54) is 96.3 Å². The second kappa shape index (κ2) is 44.8. The van der Waals surface area contributed by atoms with Crippen molar-refractivity contribution in [2.24, 2.45) is 5.73 Å². The summed E-state index contributed by atoms with van der Waals surface area (Å²) in [7, 11) is -4.30. The van der Waals surface area contributed by atoms with E-state index >= 15 is 0 Å². The highest BCUT2D eigenvalue weighted by molar-refractivity contribution is 7.47. The molecule has 0 saturated heterocycles. The Balaban J connectivity index is 4.15. The molecule has 0 radical (unpaired) electrons. The zero-order valence-electron chi connectivity index (χ0n) is 36.3. The molecule has 2 atom stereocenters. The third-order valence-electron chi connectivity index (χ3n) is 9.06. The van der Waals surface area contributed by atoms with Gasteiger partial charge in [0, 0.05) is 19.6 Å². The third-order valence-corrected chi connectivity index (χ3v) is 10.0. The topological polar surface area (TPSA) is 117 Å². The molecule has 8 nitrogen and oxygen atoms in total. The van der Waals surface area contributed by atoms with Crippen LogP contribution in [0, 0.1) is 0 Å². The number of ether oxygens (including phenoxy) is 2. The van der Waals surface area contributed by atoms with Crippen molar-refractivity contribution >= 4 is 13.8 Å². The van der Waals surface area contributed by atoms with Gasteiger partial charge in [0.2, 0.25) is 0 Å². The number of esters is 1. The first-order chi connectivity index (χ1) is 27.9. The molecule has 328 valence electrons. The molecule has 2 unspecified atom stereocenters. The Hall–Kier alpha value is -2.32. The summed E-state index contributed by atoms with van der Waals surface area (Å²) in [6.45, 7) is 4.68. The van der Waals surface area contributed by atoms with Gasteiger partial charge in [0.15, 0.2) is 0 Å².